The minimum atomic E-state index is 0.490. The van der Waals surface area contributed by atoms with Gasteiger partial charge in [0, 0.05) is 19.7 Å². The van der Waals surface area contributed by atoms with Crippen molar-refractivity contribution in [3.63, 3.8) is 0 Å². The van der Waals surface area contributed by atoms with Crippen molar-refractivity contribution in [1.29, 1.82) is 0 Å². The molecule has 4 nitrogen and oxygen atoms in total. The van der Waals surface area contributed by atoms with E-state index in [1.165, 1.54) is 18.4 Å². The van der Waals surface area contributed by atoms with E-state index < -0.39 is 0 Å². The molecule has 1 heterocycles. The minimum absolute atomic E-state index is 0.490. The fraction of sp³-hybridized carbons (Fsp3) is 0.429. The Kier molecular flexibility index (Phi) is 2.88. The van der Waals surface area contributed by atoms with Gasteiger partial charge >= 0.3 is 0 Å². The molecule has 2 aromatic rings. The molecule has 3 rings (SSSR count). The molecule has 1 aliphatic rings. The molecule has 1 aliphatic carbocycles. The van der Waals surface area contributed by atoms with Crippen molar-refractivity contribution in [1.82, 2.24) is 14.8 Å². The topological polar surface area (TPSA) is 39.9 Å². The summed E-state index contributed by atoms with van der Waals surface area (Å²) < 4.78 is 6.86. The number of rotatable bonds is 4. The molecule has 1 aromatic heterocycles. The molecule has 0 unspecified atom stereocenters. The number of hydrogen-bond donors (Lipinski definition) is 0. The fourth-order valence-electron chi connectivity index (χ4n) is 2.11. The first kappa shape index (κ1) is 11.4. The second kappa shape index (κ2) is 4.53. The van der Waals surface area contributed by atoms with Crippen LogP contribution in [-0.2, 0) is 18.4 Å². The third-order valence-electron chi connectivity index (χ3n) is 3.34. The zero-order valence-corrected chi connectivity index (χ0v) is 10.8. The monoisotopic (exact) mass is 243 g/mol. The van der Waals surface area contributed by atoms with Gasteiger partial charge in [-0.3, -0.25) is 4.68 Å². The number of benzene rings is 1. The molecule has 0 saturated heterocycles. The highest BCUT2D eigenvalue weighted by atomic mass is 16.5. The maximum Gasteiger partial charge on any atom is 0.181 e. The molecule has 0 aliphatic heterocycles. The highest BCUT2D eigenvalue weighted by Crippen LogP contribution is 2.40. The fourth-order valence-corrected chi connectivity index (χ4v) is 2.11. The molecule has 0 spiro atoms. The van der Waals surface area contributed by atoms with Crippen LogP contribution in [0.3, 0.4) is 0 Å². The van der Waals surface area contributed by atoms with E-state index in [0.29, 0.717) is 6.61 Å². The Morgan fingerprint density at radius 3 is 2.61 bits per heavy atom. The van der Waals surface area contributed by atoms with Crippen molar-refractivity contribution in [3.8, 4) is 11.4 Å². The van der Waals surface area contributed by atoms with Gasteiger partial charge in [0.15, 0.2) is 11.6 Å². The van der Waals surface area contributed by atoms with E-state index in [9.17, 15) is 0 Å². The van der Waals surface area contributed by atoms with Crippen LogP contribution in [0, 0.1) is 0 Å². The molecule has 1 aromatic carbocycles. The maximum absolute atomic E-state index is 5.09. The van der Waals surface area contributed by atoms with Crippen LogP contribution in [0.1, 0.15) is 30.1 Å². The van der Waals surface area contributed by atoms with Gasteiger partial charge in [-0.05, 0) is 24.3 Å². The van der Waals surface area contributed by atoms with E-state index >= 15 is 0 Å². The Hall–Kier alpha value is -1.68. The molecule has 0 atom stereocenters. The summed E-state index contributed by atoms with van der Waals surface area (Å²) in [7, 11) is 3.56. The van der Waals surface area contributed by atoms with Crippen molar-refractivity contribution in [2.24, 2.45) is 7.05 Å². The average Bonchev–Trinajstić information content (AvgIpc) is 3.16. The van der Waals surface area contributed by atoms with Crippen molar-refractivity contribution >= 4 is 0 Å². The summed E-state index contributed by atoms with van der Waals surface area (Å²) in [5.41, 5.74) is 2.50. The number of aryl methyl sites for hydroxylation is 1. The van der Waals surface area contributed by atoms with Crippen LogP contribution in [0.15, 0.2) is 24.3 Å². The Morgan fingerprint density at radius 2 is 2.00 bits per heavy atom. The van der Waals surface area contributed by atoms with Crippen LogP contribution < -0.4 is 0 Å². The van der Waals surface area contributed by atoms with E-state index in [2.05, 4.69) is 34.3 Å². The van der Waals surface area contributed by atoms with Crippen LogP contribution in [0.5, 0.6) is 0 Å². The third kappa shape index (κ3) is 2.16. The zero-order chi connectivity index (χ0) is 12.5. The van der Waals surface area contributed by atoms with E-state index in [1.54, 1.807) is 11.8 Å². The number of methoxy groups -OCH3 is 1. The van der Waals surface area contributed by atoms with Crippen molar-refractivity contribution in [2.45, 2.75) is 25.4 Å². The molecule has 1 fully saturated rings. The van der Waals surface area contributed by atoms with Crippen LogP contribution in [-0.4, -0.2) is 21.9 Å². The second-order valence-corrected chi connectivity index (χ2v) is 4.80. The molecule has 0 radical (unpaired) electrons. The summed E-state index contributed by atoms with van der Waals surface area (Å²) in [6, 6.07) is 8.61. The highest BCUT2D eigenvalue weighted by molar-refractivity contribution is 5.55. The van der Waals surface area contributed by atoms with Crippen LogP contribution >= 0.6 is 0 Å². The van der Waals surface area contributed by atoms with Gasteiger partial charge in [0.25, 0.3) is 0 Å². The summed E-state index contributed by atoms with van der Waals surface area (Å²) in [5.74, 6) is 2.41. The lowest BCUT2D eigenvalue weighted by molar-refractivity contribution is 0.174. The molecular formula is C14H17N3O. The zero-order valence-electron chi connectivity index (χ0n) is 10.8. The van der Waals surface area contributed by atoms with E-state index in [4.69, 9.17) is 4.74 Å². The Balaban J connectivity index is 1.86. The number of hydrogen-bond acceptors (Lipinski definition) is 3. The summed E-state index contributed by atoms with van der Waals surface area (Å²) in [6.45, 7) is 0.490. The standard InChI is InChI=1S/C14H17N3O/c1-17-13(9-18-2)15-14(16-17)12-7-5-11(6-8-12)10-3-4-10/h5-8,10H,3-4,9H2,1-2H3. The van der Waals surface area contributed by atoms with Gasteiger partial charge in [-0.1, -0.05) is 24.3 Å². The summed E-state index contributed by atoms with van der Waals surface area (Å²) in [5, 5.41) is 4.42. The first-order valence-electron chi connectivity index (χ1n) is 6.27. The molecule has 94 valence electrons. The van der Waals surface area contributed by atoms with Gasteiger partial charge in [-0.2, -0.15) is 5.10 Å². The number of ether oxygens (including phenoxy) is 1. The Morgan fingerprint density at radius 1 is 1.28 bits per heavy atom. The first-order valence-corrected chi connectivity index (χ1v) is 6.27. The van der Waals surface area contributed by atoms with E-state index in [0.717, 1.165) is 23.1 Å². The quantitative estimate of drug-likeness (QED) is 0.828. The Bertz CT molecular complexity index is 541. The van der Waals surface area contributed by atoms with Gasteiger partial charge < -0.3 is 4.74 Å². The van der Waals surface area contributed by atoms with Gasteiger partial charge in [-0.15, -0.1) is 0 Å². The number of nitrogens with zero attached hydrogens (tertiary/aromatic N) is 3. The summed E-state index contributed by atoms with van der Waals surface area (Å²) in [4.78, 5) is 4.49. The van der Waals surface area contributed by atoms with E-state index in [-0.39, 0.29) is 0 Å². The molecule has 1 saturated carbocycles. The highest BCUT2D eigenvalue weighted by Gasteiger charge is 2.23. The molecule has 4 heteroatoms. The average molecular weight is 243 g/mol. The first-order chi connectivity index (χ1) is 8.78. The van der Waals surface area contributed by atoms with Gasteiger partial charge in [0.05, 0.1) is 0 Å². The maximum atomic E-state index is 5.09. The normalized spacial score (nSPS) is 15.0. The SMILES string of the molecule is COCc1nc(-c2ccc(C3CC3)cc2)nn1C. The second-order valence-electron chi connectivity index (χ2n) is 4.80. The minimum Gasteiger partial charge on any atom is -0.377 e. The predicted molar refractivity (Wildman–Crippen MR) is 69.1 cm³/mol. The van der Waals surface area contributed by atoms with E-state index in [1.807, 2.05) is 7.05 Å². The lowest BCUT2D eigenvalue weighted by atomic mass is 10.1. The molecule has 18 heavy (non-hydrogen) atoms. The van der Waals surface area contributed by atoms with Gasteiger partial charge in [0.2, 0.25) is 0 Å². The lowest BCUT2D eigenvalue weighted by Crippen LogP contribution is -2.00. The molecular weight excluding hydrogens is 226 g/mol. The third-order valence-corrected chi connectivity index (χ3v) is 3.34. The van der Waals surface area contributed by atoms with Crippen LogP contribution in [0.2, 0.25) is 0 Å². The van der Waals surface area contributed by atoms with Gasteiger partial charge in [-0.25, -0.2) is 4.98 Å². The molecule has 0 bridgehead atoms. The largest absolute Gasteiger partial charge is 0.377 e. The summed E-state index contributed by atoms with van der Waals surface area (Å²) in [6.07, 6.45) is 2.67. The molecule has 0 N–H and O–H groups in total. The van der Waals surface area contributed by atoms with Crippen LogP contribution in [0.4, 0.5) is 0 Å². The number of aromatic nitrogens is 3. The predicted octanol–water partition coefficient (Wildman–Crippen LogP) is 2.51. The van der Waals surface area contributed by atoms with Crippen molar-refractivity contribution in [3.05, 3.63) is 35.7 Å². The lowest BCUT2D eigenvalue weighted by Gasteiger charge is -1.99. The Labute approximate surface area is 107 Å². The molecule has 0 amide bonds. The van der Waals surface area contributed by atoms with Crippen molar-refractivity contribution in [2.75, 3.05) is 7.11 Å². The smallest absolute Gasteiger partial charge is 0.181 e. The van der Waals surface area contributed by atoms with Crippen LogP contribution in [0.25, 0.3) is 11.4 Å². The summed E-state index contributed by atoms with van der Waals surface area (Å²) >= 11 is 0. The van der Waals surface area contributed by atoms with Crippen molar-refractivity contribution < 1.29 is 4.74 Å². The van der Waals surface area contributed by atoms with Gasteiger partial charge in [0.1, 0.15) is 6.61 Å².